The van der Waals surface area contributed by atoms with Crippen LogP contribution in [0.5, 0.6) is 0 Å². The molecule has 0 aliphatic rings. The molecule has 0 aliphatic heterocycles. The molecule has 0 spiro atoms. The summed E-state index contributed by atoms with van der Waals surface area (Å²) >= 11 is 0. The van der Waals surface area contributed by atoms with Crippen molar-refractivity contribution in [2.45, 2.75) is 297 Å². The number of hydrogen-bond donors (Lipinski definition) is 0. The largest absolute Gasteiger partial charge is 0.462 e. The first kappa shape index (κ1) is 71.1. The van der Waals surface area contributed by atoms with Crippen molar-refractivity contribution < 1.29 is 28.6 Å². The summed E-state index contributed by atoms with van der Waals surface area (Å²) < 4.78 is 16.8. The Hall–Kier alpha value is -3.93. The van der Waals surface area contributed by atoms with Crippen LogP contribution in [0.3, 0.4) is 0 Å². The Morgan fingerprint density at radius 1 is 0.280 bits per heavy atom. The summed E-state index contributed by atoms with van der Waals surface area (Å²) in [6.07, 6.45) is 85.3. The number of unbranched alkanes of at least 4 members (excludes halogenated alkanes) is 27. The van der Waals surface area contributed by atoms with Gasteiger partial charge in [0.05, 0.1) is 0 Å². The van der Waals surface area contributed by atoms with E-state index in [0.29, 0.717) is 19.3 Å². The summed E-state index contributed by atoms with van der Waals surface area (Å²) in [6, 6.07) is 0. The summed E-state index contributed by atoms with van der Waals surface area (Å²) in [5, 5.41) is 0. The summed E-state index contributed by atoms with van der Waals surface area (Å²) in [5.74, 6) is -0.917. The zero-order valence-electron chi connectivity index (χ0n) is 49.0. The lowest BCUT2D eigenvalue weighted by Gasteiger charge is -2.18. The van der Waals surface area contributed by atoms with Gasteiger partial charge in [-0.2, -0.15) is 0 Å². The van der Waals surface area contributed by atoms with Gasteiger partial charge < -0.3 is 14.2 Å². The predicted molar refractivity (Wildman–Crippen MR) is 325 cm³/mol. The average molecular weight is 1040 g/mol. The second-order valence-electron chi connectivity index (χ2n) is 20.6. The first-order valence-electron chi connectivity index (χ1n) is 31.4. The van der Waals surface area contributed by atoms with Gasteiger partial charge in [0.15, 0.2) is 6.10 Å². The van der Waals surface area contributed by atoms with Crippen molar-refractivity contribution in [2.75, 3.05) is 13.2 Å². The van der Waals surface area contributed by atoms with Gasteiger partial charge >= 0.3 is 17.9 Å². The summed E-state index contributed by atoms with van der Waals surface area (Å²) in [5.41, 5.74) is 0. The van der Waals surface area contributed by atoms with Crippen LogP contribution in [-0.2, 0) is 28.6 Å². The molecule has 428 valence electrons. The van der Waals surface area contributed by atoms with Gasteiger partial charge in [0.1, 0.15) is 13.2 Å². The lowest BCUT2D eigenvalue weighted by atomic mass is 10.1. The minimum absolute atomic E-state index is 0.0894. The van der Waals surface area contributed by atoms with Crippen molar-refractivity contribution in [3.05, 3.63) is 109 Å². The maximum Gasteiger partial charge on any atom is 0.306 e. The van der Waals surface area contributed by atoms with E-state index in [0.717, 1.165) is 122 Å². The second-order valence-corrected chi connectivity index (χ2v) is 20.6. The van der Waals surface area contributed by atoms with Crippen LogP contribution in [0.4, 0.5) is 0 Å². The fourth-order valence-electron chi connectivity index (χ4n) is 8.57. The molecule has 0 aromatic carbocycles. The fraction of sp³-hybridized carbons (Fsp3) is 0.696. The minimum Gasteiger partial charge on any atom is -0.462 e. The van der Waals surface area contributed by atoms with Crippen LogP contribution in [-0.4, -0.2) is 37.2 Å². The van der Waals surface area contributed by atoms with Crippen LogP contribution in [0, 0.1) is 0 Å². The van der Waals surface area contributed by atoms with Crippen molar-refractivity contribution in [3.63, 3.8) is 0 Å². The van der Waals surface area contributed by atoms with Gasteiger partial charge in [0.2, 0.25) is 0 Å². The number of rotatable bonds is 56. The zero-order valence-corrected chi connectivity index (χ0v) is 49.0. The van der Waals surface area contributed by atoms with Gasteiger partial charge in [-0.1, -0.05) is 271 Å². The van der Waals surface area contributed by atoms with Gasteiger partial charge in [-0.3, -0.25) is 14.4 Å². The maximum atomic E-state index is 12.9. The average Bonchev–Trinajstić information content (AvgIpc) is 3.41. The minimum atomic E-state index is -0.794. The highest BCUT2D eigenvalue weighted by Crippen LogP contribution is 2.15. The van der Waals surface area contributed by atoms with E-state index in [1.165, 1.54) is 128 Å². The van der Waals surface area contributed by atoms with Crippen LogP contribution in [0.2, 0.25) is 0 Å². The van der Waals surface area contributed by atoms with Crippen LogP contribution in [0.25, 0.3) is 0 Å². The highest BCUT2D eigenvalue weighted by molar-refractivity contribution is 5.71. The number of carbonyl (C=O) groups excluding carboxylic acids is 3. The smallest absolute Gasteiger partial charge is 0.306 e. The molecule has 1 atom stereocenters. The van der Waals surface area contributed by atoms with E-state index < -0.39 is 6.10 Å². The molecule has 0 aliphatic carbocycles. The van der Waals surface area contributed by atoms with Crippen LogP contribution >= 0.6 is 0 Å². The molecular weight excluding hydrogens is 925 g/mol. The van der Waals surface area contributed by atoms with Gasteiger partial charge in [0.25, 0.3) is 0 Å². The molecule has 6 nitrogen and oxygen atoms in total. The molecule has 1 unspecified atom stereocenters. The normalized spacial score (nSPS) is 12.8. The first-order valence-corrected chi connectivity index (χ1v) is 31.4. The Balaban J connectivity index is 4.30. The third-order valence-electron chi connectivity index (χ3n) is 13.3. The van der Waals surface area contributed by atoms with Crippen LogP contribution in [0.15, 0.2) is 109 Å². The van der Waals surface area contributed by atoms with Crippen molar-refractivity contribution in [3.8, 4) is 0 Å². The van der Waals surface area contributed by atoms with E-state index in [2.05, 4.69) is 130 Å². The quantitative estimate of drug-likeness (QED) is 0.0261. The van der Waals surface area contributed by atoms with Crippen molar-refractivity contribution in [2.24, 2.45) is 0 Å². The Morgan fingerprint density at radius 3 is 0.813 bits per heavy atom. The van der Waals surface area contributed by atoms with Gasteiger partial charge in [-0.25, -0.2) is 0 Å². The van der Waals surface area contributed by atoms with Crippen molar-refractivity contribution in [1.29, 1.82) is 0 Å². The molecule has 0 bridgehead atoms. The number of carbonyl (C=O) groups is 3. The topological polar surface area (TPSA) is 78.9 Å². The molecule has 0 amide bonds. The molecule has 0 saturated heterocycles. The number of esters is 3. The van der Waals surface area contributed by atoms with Crippen LogP contribution in [0.1, 0.15) is 290 Å². The maximum absolute atomic E-state index is 12.9. The first-order chi connectivity index (χ1) is 37.0. The highest BCUT2D eigenvalue weighted by atomic mass is 16.6. The molecular formula is C69H116O6. The van der Waals surface area contributed by atoms with Crippen molar-refractivity contribution >= 4 is 17.9 Å². The molecule has 0 fully saturated rings. The Morgan fingerprint density at radius 2 is 0.520 bits per heavy atom. The molecule has 6 heteroatoms. The van der Waals surface area contributed by atoms with Crippen LogP contribution < -0.4 is 0 Å². The monoisotopic (exact) mass is 1040 g/mol. The van der Waals surface area contributed by atoms with Crippen molar-refractivity contribution in [1.82, 2.24) is 0 Å². The molecule has 0 radical (unpaired) electrons. The number of ether oxygens (including phenoxy) is 3. The Kier molecular flexibility index (Phi) is 59.3. The van der Waals surface area contributed by atoms with Gasteiger partial charge in [-0.05, 0) is 109 Å². The van der Waals surface area contributed by atoms with E-state index in [-0.39, 0.29) is 31.1 Å². The third-order valence-corrected chi connectivity index (χ3v) is 13.3. The number of allylic oxidation sites excluding steroid dienone is 18. The number of hydrogen-bond acceptors (Lipinski definition) is 6. The molecule has 0 N–H and O–H groups in total. The molecule has 0 aromatic heterocycles. The SMILES string of the molecule is CC/C=C\C/C=C\C/C=C\C/C=C\C/C=C\C/C=C\CCCCCCC(=O)OC(COC(=O)CCCCCCCCCCC)COC(=O)CCCCCCCCCCCC/C=C\C/C=C\C/C=C\CCCCCCC. The van der Waals surface area contributed by atoms with E-state index in [9.17, 15) is 14.4 Å². The predicted octanol–water partition coefficient (Wildman–Crippen LogP) is 21.4. The summed E-state index contributed by atoms with van der Waals surface area (Å²) in [7, 11) is 0. The third kappa shape index (κ3) is 60.8. The molecule has 0 rings (SSSR count). The fourth-order valence-corrected chi connectivity index (χ4v) is 8.57. The molecule has 75 heavy (non-hydrogen) atoms. The Bertz CT molecular complexity index is 1520. The van der Waals surface area contributed by atoms with Gasteiger partial charge in [-0.15, -0.1) is 0 Å². The standard InChI is InChI=1S/C69H116O6/c1-4-7-10-13-16-19-21-23-25-27-29-31-33-34-36-37-39-41-43-45-47-50-53-56-59-62-68(71)74-65-66(64-73-67(70)61-58-55-52-49-18-15-12-9-6-3)75-69(72)63-60-57-54-51-48-46-44-42-40-38-35-32-30-28-26-24-22-20-17-14-11-8-5-2/h8,11,17,20-21,23-24,26-27,29-30,32-34,38,40,44,46,66H,4-7,9-10,12-16,18-19,22,25,28,31,35-37,39,41-43,45,47-65H2,1-3H3/b11-8-,20-17-,23-21-,26-24-,29-27-,32-30-,34-33-,40-38-,46-44-. The molecule has 0 aromatic rings. The summed E-state index contributed by atoms with van der Waals surface area (Å²) in [6.45, 7) is 6.48. The molecule has 0 heterocycles. The highest BCUT2D eigenvalue weighted by Gasteiger charge is 2.19. The second kappa shape index (κ2) is 62.6. The van der Waals surface area contributed by atoms with E-state index in [4.69, 9.17) is 14.2 Å². The van der Waals surface area contributed by atoms with E-state index >= 15 is 0 Å². The van der Waals surface area contributed by atoms with Gasteiger partial charge in [0, 0.05) is 19.3 Å². The van der Waals surface area contributed by atoms with E-state index in [1.807, 2.05) is 0 Å². The van der Waals surface area contributed by atoms with E-state index in [1.54, 1.807) is 0 Å². The summed E-state index contributed by atoms with van der Waals surface area (Å²) in [4.78, 5) is 38.2. The Labute approximate surface area is 463 Å². The molecule has 0 saturated carbocycles. The lowest BCUT2D eigenvalue weighted by Crippen LogP contribution is -2.30. The zero-order chi connectivity index (χ0) is 54.3. The lowest BCUT2D eigenvalue weighted by molar-refractivity contribution is -0.167.